The van der Waals surface area contributed by atoms with Crippen LogP contribution in [0.15, 0.2) is 12.3 Å². The van der Waals surface area contributed by atoms with Crippen LogP contribution in [0.4, 0.5) is 0 Å². The molecule has 0 amide bonds. The average Bonchev–Trinajstić information content (AvgIpc) is 2.10. The maximum atomic E-state index is 5.27. The SMILES string of the molecule is C=C1CC(C(C)C)N(C)O1. The largest absolute Gasteiger partial charge is 0.411 e. The van der Waals surface area contributed by atoms with Crippen LogP contribution in [-0.4, -0.2) is 18.2 Å². The molecule has 0 spiro atoms. The minimum atomic E-state index is 0.521. The first-order valence-electron chi connectivity index (χ1n) is 3.70. The molecule has 0 N–H and O–H groups in total. The van der Waals surface area contributed by atoms with Gasteiger partial charge in [-0.25, -0.2) is 0 Å². The Morgan fingerprint density at radius 2 is 2.30 bits per heavy atom. The Morgan fingerprint density at radius 1 is 1.70 bits per heavy atom. The maximum absolute atomic E-state index is 5.27. The van der Waals surface area contributed by atoms with Crippen molar-refractivity contribution in [2.24, 2.45) is 5.92 Å². The lowest BCUT2D eigenvalue weighted by Crippen LogP contribution is -2.28. The Bertz CT molecular complexity index is 142. The van der Waals surface area contributed by atoms with Gasteiger partial charge in [0.05, 0.1) is 6.04 Å². The molecule has 1 rings (SSSR count). The summed E-state index contributed by atoms with van der Waals surface area (Å²) in [7, 11) is 1.96. The monoisotopic (exact) mass is 141 g/mol. The number of hydroxylamine groups is 2. The van der Waals surface area contributed by atoms with Gasteiger partial charge in [-0.05, 0) is 5.92 Å². The van der Waals surface area contributed by atoms with Crippen molar-refractivity contribution in [1.29, 1.82) is 0 Å². The minimum absolute atomic E-state index is 0.521. The number of nitrogens with zero attached hydrogens (tertiary/aromatic N) is 1. The lowest BCUT2D eigenvalue weighted by atomic mass is 10.0. The molecule has 0 aromatic heterocycles. The van der Waals surface area contributed by atoms with Crippen LogP contribution >= 0.6 is 0 Å². The van der Waals surface area contributed by atoms with Crippen molar-refractivity contribution in [2.45, 2.75) is 26.3 Å². The van der Waals surface area contributed by atoms with Crippen LogP contribution in [0, 0.1) is 5.92 Å². The molecule has 58 valence electrons. The highest BCUT2D eigenvalue weighted by molar-refractivity contribution is 4.93. The van der Waals surface area contributed by atoms with Gasteiger partial charge in [-0.1, -0.05) is 20.4 Å². The van der Waals surface area contributed by atoms with Crippen LogP contribution < -0.4 is 0 Å². The maximum Gasteiger partial charge on any atom is 0.119 e. The van der Waals surface area contributed by atoms with Crippen LogP contribution in [0.1, 0.15) is 20.3 Å². The van der Waals surface area contributed by atoms with E-state index in [0.29, 0.717) is 12.0 Å². The lowest BCUT2D eigenvalue weighted by Gasteiger charge is -2.19. The fourth-order valence-electron chi connectivity index (χ4n) is 1.33. The molecule has 1 aliphatic heterocycles. The van der Waals surface area contributed by atoms with E-state index in [1.165, 1.54) is 0 Å². The summed E-state index contributed by atoms with van der Waals surface area (Å²) in [5, 5.41) is 1.90. The highest BCUT2D eigenvalue weighted by atomic mass is 16.7. The van der Waals surface area contributed by atoms with Crippen molar-refractivity contribution >= 4 is 0 Å². The highest BCUT2D eigenvalue weighted by Gasteiger charge is 2.27. The van der Waals surface area contributed by atoms with Crippen LogP contribution in [0.5, 0.6) is 0 Å². The fraction of sp³-hybridized carbons (Fsp3) is 0.750. The smallest absolute Gasteiger partial charge is 0.119 e. The molecule has 2 heteroatoms. The summed E-state index contributed by atoms with van der Waals surface area (Å²) in [5.41, 5.74) is 0. The first kappa shape index (κ1) is 7.61. The van der Waals surface area contributed by atoms with E-state index >= 15 is 0 Å². The summed E-state index contributed by atoms with van der Waals surface area (Å²) in [4.78, 5) is 5.27. The summed E-state index contributed by atoms with van der Waals surface area (Å²) >= 11 is 0. The molecule has 0 aliphatic carbocycles. The molecule has 10 heavy (non-hydrogen) atoms. The topological polar surface area (TPSA) is 12.5 Å². The Labute approximate surface area is 62.4 Å². The van der Waals surface area contributed by atoms with E-state index < -0.39 is 0 Å². The summed E-state index contributed by atoms with van der Waals surface area (Å²) in [5.74, 6) is 1.53. The Kier molecular flexibility index (Phi) is 2.00. The van der Waals surface area contributed by atoms with Crippen molar-refractivity contribution < 1.29 is 4.84 Å². The molecule has 1 fully saturated rings. The third-order valence-electron chi connectivity index (χ3n) is 1.95. The van der Waals surface area contributed by atoms with E-state index in [0.717, 1.165) is 12.2 Å². The van der Waals surface area contributed by atoms with E-state index in [1.807, 2.05) is 12.1 Å². The standard InChI is InChI=1S/C8H15NO/c1-6(2)8-5-7(3)10-9(8)4/h6,8H,3,5H2,1-2,4H3. The van der Waals surface area contributed by atoms with E-state index in [4.69, 9.17) is 4.84 Å². The van der Waals surface area contributed by atoms with Crippen LogP contribution in [-0.2, 0) is 4.84 Å². The van der Waals surface area contributed by atoms with E-state index in [9.17, 15) is 0 Å². The molecule has 0 radical (unpaired) electrons. The van der Waals surface area contributed by atoms with Gasteiger partial charge in [-0.3, -0.25) is 0 Å². The molecule has 1 unspecified atom stereocenters. The van der Waals surface area contributed by atoms with Crippen molar-refractivity contribution in [1.82, 2.24) is 5.06 Å². The third kappa shape index (κ3) is 1.32. The van der Waals surface area contributed by atoms with E-state index in [-0.39, 0.29) is 0 Å². The van der Waals surface area contributed by atoms with Crippen LogP contribution in [0.25, 0.3) is 0 Å². The second-order valence-corrected chi connectivity index (χ2v) is 3.19. The molecule has 1 heterocycles. The minimum Gasteiger partial charge on any atom is -0.411 e. The molecule has 0 saturated carbocycles. The molecular weight excluding hydrogens is 126 g/mol. The van der Waals surface area contributed by atoms with Gasteiger partial charge in [0.2, 0.25) is 0 Å². The Balaban J connectivity index is 2.54. The molecule has 1 saturated heterocycles. The highest BCUT2D eigenvalue weighted by Crippen LogP contribution is 2.25. The molecule has 1 aliphatic rings. The van der Waals surface area contributed by atoms with Crippen LogP contribution in [0.2, 0.25) is 0 Å². The van der Waals surface area contributed by atoms with Gasteiger partial charge in [0.15, 0.2) is 0 Å². The van der Waals surface area contributed by atoms with Gasteiger partial charge in [-0.2, -0.15) is 0 Å². The molecular formula is C8H15NO. The summed E-state index contributed by atoms with van der Waals surface area (Å²) in [6.07, 6.45) is 0.980. The lowest BCUT2D eigenvalue weighted by molar-refractivity contribution is -0.0903. The van der Waals surface area contributed by atoms with Gasteiger partial charge < -0.3 is 4.84 Å². The van der Waals surface area contributed by atoms with Crippen molar-refractivity contribution in [3.05, 3.63) is 12.3 Å². The second kappa shape index (κ2) is 2.62. The molecule has 2 nitrogen and oxygen atoms in total. The summed E-state index contributed by atoms with van der Waals surface area (Å²) in [6.45, 7) is 8.17. The van der Waals surface area contributed by atoms with E-state index in [2.05, 4.69) is 20.4 Å². The Morgan fingerprint density at radius 3 is 2.50 bits per heavy atom. The molecule has 0 bridgehead atoms. The zero-order valence-electron chi connectivity index (χ0n) is 6.92. The average molecular weight is 141 g/mol. The van der Waals surface area contributed by atoms with Gasteiger partial charge in [-0.15, -0.1) is 5.06 Å². The first-order chi connectivity index (χ1) is 4.61. The normalized spacial score (nSPS) is 27.6. The molecule has 1 atom stereocenters. The molecule has 0 aromatic rings. The van der Waals surface area contributed by atoms with Gasteiger partial charge in [0.25, 0.3) is 0 Å². The van der Waals surface area contributed by atoms with Crippen molar-refractivity contribution in [3.63, 3.8) is 0 Å². The fourth-order valence-corrected chi connectivity index (χ4v) is 1.33. The third-order valence-corrected chi connectivity index (χ3v) is 1.95. The number of rotatable bonds is 1. The summed E-state index contributed by atoms with van der Waals surface area (Å²) in [6, 6.07) is 0.521. The summed E-state index contributed by atoms with van der Waals surface area (Å²) < 4.78 is 0. The van der Waals surface area contributed by atoms with Crippen LogP contribution in [0.3, 0.4) is 0 Å². The zero-order valence-corrected chi connectivity index (χ0v) is 6.92. The predicted molar refractivity (Wildman–Crippen MR) is 41.2 cm³/mol. The first-order valence-corrected chi connectivity index (χ1v) is 3.70. The quantitative estimate of drug-likeness (QED) is 0.552. The van der Waals surface area contributed by atoms with Gasteiger partial charge in [0, 0.05) is 13.5 Å². The van der Waals surface area contributed by atoms with Gasteiger partial charge in [0.1, 0.15) is 5.76 Å². The Hall–Kier alpha value is -0.500. The second-order valence-electron chi connectivity index (χ2n) is 3.19. The zero-order chi connectivity index (χ0) is 7.72. The van der Waals surface area contributed by atoms with Crippen molar-refractivity contribution in [3.8, 4) is 0 Å². The predicted octanol–water partition coefficient (Wildman–Crippen LogP) is 1.79. The van der Waals surface area contributed by atoms with E-state index in [1.54, 1.807) is 0 Å². The number of hydrogen-bond donors (Lipinski definition) is 0. The van der Waals surface area contributed by atoms with Gasteiger partial charge >= 0.3 is 0 Å². The number of hydrogen-bond acceptors (Lipinski definition) is 2. The molecule has 0 aromatic carbocycles. The van der Waals surface area contributed by atoms with Crippen molar-refractivity contribution in [2.75, 3.05) is 7.05 Å².